The van der Waals surface area contributed by atoms with Crippen LogP contribution in [-0.4, -0.2) is 30.6 Å². The third kappa shape index (κ3) is 6.31. The Morgan fingerprint density at radius 2 is 1.72 bits per heavy atom. The number of rotatable bonds is 8. The van der Waals surface area contributed by atoms with Crippen molar-refractivity contribution in [1.29, 1.82) is 0 Å². The van der Waals surface area contributed by atoms with Crippen molar-refractivity contribution < 1.29 is 27.6 Å². The highest BCUT2D eigenvalue weighted by Gasteiger charge is 2.20. The number of carbonyl (C=O) groups is 1. The molecule has 0 atom stereocenters. The highest BCUT2D eigenvalue weighted by molar-refractivity contribution is 7.85. The van der Waals surface area contributed by atoms with E-state index in [0.29, 0.717) is 45.8 Å². The number of azo groups is 1. The molecule has 0 radical (unpaired) electrons. The fraction of sp³-hybridized carbons (Fsp3) is 0.148. The Morgan fingerprint density at radius 1 is 1.00 bits per heavy atom. The van der Waals surface area contributed by atoms with Gasteiger partial charge < -0.3 is 15.2 Å². The second kappa shape index (κ2) is 11.6. The van der Waals surface area contributed by atoms with Crippen molar-refractivity contribution in [3.8, 4) is 11.5 Å². The van der Waals surface area contributed by atoms with E-state index in [-0.39, 0.29) is 26.9 Å². The van der Waals surface area contributed by atoms with E-state index in [0.717, 1.165) is 6.07 Å². The maximum absolute atomic E-state index is 13.2. The third-order valence-electron chi connectivity index (χ3n) is 5.72. The highest BCUT2D eigenvalue weighted by atomic mass is 35.5. The van der Waals surface area contributed by atoms with Crippen LogP contribution in [0.2, 0.25) is 10.0 Å². The van der Waals surface area contributed by atoms with Gasteiger partial charge in [-0.15, -0.1) is 10.2 Å². The van der Waals surface area contributed by atoms with Crippen molar-refractivity contribution in [2.45, 2.75) is 25.2 Å². The van der Waals surface area contributed by atoms with Gasteiger partial charge in [0, 0.05) is 22.2 Å². The Hall–Kier alpha value is -3.70. The van der Waals surface area contributed by atoms with Crippen LogP contribution < -0.4 is 10.1 Å². The number of nitrogens with zero attached hydrogens (tertiary/aromatic N) is 2. The van der Waals surface area contributed by atoms with Gasteiger partial charge in [0.25, 0.3) is 16.0 Å². The Morgan fingerprint density at radius 3 is 2.41 bits per heavy atom. The quantitative estimate of drug-likeness (QED) is 0.142. The predicted octanol–water partition coefficient (Wildman–Crippen LogP) is 7.73. The van der Waals surface area contributed by atoms with Crippen LogP contribution in [0.25, 0.3) is 10.8 Å². The lowest BCUT2D eigenvalue weighted by Gasteiger charge is -2.13. The average molecular weight is 588 g/mol. The summed E-state index contributed by atoms with van der Waals surface area (Å²) in [7, 11) is -4.48. The average Bonchev–Trinajstić information content (AvgIpc) is 2.87. The number of halogens is 2. The van der Waals surface area contributed by atoms with Crippen LogP contribution in [0.4, 0.5) is 17.1 Å². The number of fused-ring (bicyclic) bond motifs is 1. The first kappa shape index (κ1) is 28.3. The number of nitrogens with one attached hydrogen (secondary N) is 1. The number of aryl methyl sites for hydroxylation is 1. The van der Waals surface area contributed by atoms with E-state index >= 15 is 0 Å². The summed E-state index contributed by atoms with van der Waals surface area (Å²) in [5.41, 5.74) is 0.875. The summed E-state index contributed by atoms with van der Waals surface area (Å²) in [6.45, 7) is 3.99. The first-order valence-electron chi connectivity index (χ1n) is 11.7. The molecule has 0 heterocycles. The fourth-order valence-corrected chi connectivity index (χ4v) is 5.06. The standard InChI is InChI=1S/C27H23Cl2N3O6S/c1-3-15-9-20(39(35,36)37)14-23(29)24(15)31-32-25-21-8-6-5-7-16(21)10-22(26(25)33)27(34)30-18-11-17(28)12-19(13-18)38-4-2/h5-14,33H,3-4H2,1-2H3,(H,30,34)(H,35,36,37). The Balaban J connectivity index is 1.79. The molecule has 3 N–H and O–H groups in total. The third-order valence-corrected chi connectivity index (χ3v) is 7.06. The van der Waals surface area contributed by atoms with E-state index in [4.69, 9.17) is 27.9 Å². The smallest absolute Gasteiger partial charge is 0.294 e. The normalized spacial score (nSPS) is 11.7. The molecule has 0 bridgehead atoms. The van der Waals surface area contributed by atoms with Crippen molar-refractivity contribution in [2.75, 3.05) is 11.9 Å². The second-order valence-corrected chi connectivity index (χ2v) is 10.6. The molecule has 12 heteroatoms. The SMILES string of the molecule is CCOc1cc(Cl)cc(NC(=O)c2cc3ccccc3c(N=Nc3c(Cl)cc(S(=O)(=O)O)cc3CC)c2O)c1. The van der Waals surface area contributed by atoms with Crippen molar-refractivity contribution in [3.05, 3.63) is 81.8 Å². The molecule has 0 fully saturated rings. The van der Waals surface area contributed by atoms with Gasteiger partial charge in [0.1, 0.15) is 17.1 Å². The van der Waals surface area contributed by atoms with Gasteiger partial charge in [-0.25, -0.2) is 0 Å². The summed E-state index contributed by atoms with van der Waals surface area (Å²) in [4.78, 5) is 12.9. The largest absolute Gasteiger partial charge is 0.505 e. The molecule has 0 aliphatic heterocycles. The molecule has 4 rings (SSSR count). The Labute approximate surface area is 234 Å². The number of phenolic OH excluding ortho intramolecular Hbond substituents is 1. The van der Waals surface area contributed by atoms with E-state index in [9.17, 15) is 22.9 Å². The number of aromatic hydroxyl groups is 1. The van der Waals surface area contributed by atoms with Crippen LogP contribution in [0.1, 0.15) is 29.8 Å². The van der Waals surface area contributed by atoms with E-state index in [1.807, 2.05) is 6.92 Å². The van der Waals surface area contributed by atoms with Crippen molar-refractivity contribution >= 4 is 67.1 Å². The minimum Gasteiger partial charge on any atom is -0.505 e. The fourth-order valence-electron chi connectivity index (χ4n) is 3.93. The zero-order valence-corrected chi connectivity index (χ0v) is 23.1. The molecule has 0 aliphatic carbocycles. The first-order valence-corrected chi connectivity index (χ1v) is 13.9. The molecular weight excluding hydrogens is 565 g/mol. The molecule has 39 heavy (non-hydrogen) atoms. The van der Waals surface area contributed by atoms with Gasteiger partial charge in [-0.3, -0.25) is 9.35 Å². The maximum atomic E-state index is 13.2. The number of hydrogen-bond donors (Lipinski definition) is 3. The van der Waals surface area contributed by atoms with Crippen LogP contribution in [-0.2, 0) is 16.5 Å². The van der Waals surface area contributed by atoms with Gasteiger partial charge in [-0.1, -0.05) is 54.4 Å². The lowest BCUT2D eigenvalue weighted by atomic mass is 10.0. The van der Waals surface area contributed by atoms with E-state index in [1.165, 1.54) is 12.1 Å². The molecule has 0 spiro atoms. The zero-order valence-electron chi connectivity index (χ0n) is 20.8. The molecule has 0 saturated carbocycles. The molecular formula is C27H23Cl2N3O6S. The summed E-state index contributed by atoms with van der Waals surface area (Å²) in [6, 6.07) is 15.6. The van der Waals surface area contributed by atoms with Gasteiger partial charge in [0.2, 0.25) is 0 Å². The molecule has 4 aromatic rings. The molecule has 202 valence electrons. The number of anilines is 1. The summed E-state index contributed by atoms with van der Waals surface area (Å²) in [5, 5.41) is 23.7. The number of benzene rings is 4. The monoisotopic (exact) mass is 587 g/mol. The molecule has 0 unspecified atom stereocenters. The molecule has 0 aromatic heterocycles. The Bertz CT molecular complexity index is 1720. The number of carbonyl (C=O) groups excluding carboxylic acids is 1. The number of ether oxygens (including phenoxy) is 1. The van der Waals surface area contributed by atoms with E-state index in [2.05, 4.69) is 15.5 Å². The summed E-state index contributed by atoms with van der Waals surface area (Å²) < 4.78 is 38.1. The number of amides is 1. The summed E-state index contributed by atoms with van der Waals surface area (Å²) in [5.74, 6) is -0.573. The number of hydrogen-bond acceptors (Lipinski definition) is 7. The van der Waals surface area contributed by atoms with Crippen LogP contribution in [0, 0.1) is 0 Å². The lowest BCUT2D eigenvalue weighted by Crippen LogP contribution is -2.12. The van der Waals surface area contributed by atoms with E-state index < -0.39 is 21.8 Å². The Kier molecular flexibility index (Phi) is 8.41. The van der Waals surface area contributed by atoms with Crippen LogP contribution in [0.15, 0.2) is 75.8 Å². The van der Waals surface area contributed by atoms with Crippen LogP contribution >= 0.6 is 23.2 Å². The van der Waals surface area contributed by atoms with Crippen LogP contribution in [0.5, 0.6) is 11.5 Å². The highest BCUT2D eigenvalue weighted by Crippen LogP contribution is 2.41. The first-order chi connectivity index (χ1) is 18.5. The lowest BCUT2D eigenvalue weighted by molar-refractivity contribution is 0.102. The van der Waals surface area contributed by atoms with E-state index in [1.54, 1.807) is 49.4 Å². The topological polar surface area (TPSA) is 138 Å². The molecule has 0 saturated heterocycles. The maximum Gasteiger partial charge on any atom is 0.294 e. The van der Waals surface area contributed by atoms with Crippen molar-refractivity contribution in [1.82, 2.24) is 0 Å². The van der Waals surface area contributed by atoms with Crippen LogP contribution in [0.3, 0.4) is 0 Å². The van der Waals surface area contributed by atoms with Gasteiger partial charge in [0.15, 0.2) is 5.75 Å². The second-order valence-electron chi connectivity index (χ2n) is 8.35. The van der Waals surface area contributed by atoms with Gasteiger partial charge in [-0.05, 0) is 54.6 Å². The predicted molar refractivity (Wildman–Crippen MR) is 151 cm³/mol. The molecule has 0 aliphatic rings. The minimum atomic E-state index is -4.48. The van der Waals surface area contributed by atoms with Gasteiger partial charge in [0.05, 0.1) is 22.1 Å². The van der Waals surface area contributed by atoms with Gasteiger partial charge in [-0.2, -0.15) is 8.42 Å². The summed E-state index contributed by atoms with van der Waals surface area (Å²) in [6.07, 6.45) is 0.329. The van der Waals surface area contributed by atoms with Crippen molar-refractivity contribution in [2.24, 2.45) is 10.2 Å². The summed E-state index contributed by atoms with van der Waals surface area (Å²) >= 11 is 12.4. The number of phenols is 1. The zero-order chi connectivity index (χ0) is 28.3. The van der Waals surface area contributed by atoms with Gasteiger partial charge >= 0.3 is 0 Å². The molecule has 1 amide bonds. The minimum absolute atomic E-state index is 0.0105. The molecule has 4 aromatic carbocycles. The molecule has 9 nitrogen and oxygen atoms in total. The van der Waals surface area contributed by atoms with Crippen molar-refractivity contribution in [3.63, 3.8) is 0 Å².